The van der Waals surface area contributed by atoms with Crippen molar-refractivity contribution in [3.8, 4) is 0 Å². The second-order valence-corrected chi connectivity index (χ2v) is 6.53. The van der Waals surface area contributed by atoms with E-state index in [2.05, 4.69) is 5.32 Å². The molecule has 1 heterocycles. The summed E-state index contributed by atoms with van der Waals surface area (Å²) in [6.45, 7) is 0.628. The Hall–Kier alpha value is -2.18. The zero-order valence-electron chi connectivity index (χ0n) is 14.1. The molecule has 3 rings (SSSR count). The second-order valence-electron chi connectivity index (χ2n) is 6.53. The Morgan fingerprint density at radius 1 is 1.12 bits per heavy atom. The molecular weight excluding hydrogens is 343 g/mol. The zero-order chi connectivity index (χ0) is 18.7. The monoisotopic (exact) mass is 363 g/mol. The molecule has 2 N–H and O–H groups in total. The van der Waals surface area contributed by atoms with Gasteiger partial charge in [-0.2, -0.15) is 13.2 Å². The van der Waals surface area contributed by atoms with E-state index in [0.717, 1.165) is 11.6 Å². The smallest absolute Gasteiger partial charge is 0.391 e. The Bertz CT molecular complexity index is 789. The largest absolute Gasteiger partial charge is 0.417 e. The number of hydrogen-bond donors (Lipinski definition) is 2. The molecule has 1 aliphatic rings. The summed E-state index contributed by atoms with van der Waals surface area (Å²) >= 11 is 0. The van der Waals surface area contributed by atoms with E-state index in [4.69, 9.17) is 0 Å². The van der Waals surface area contributed by atoms with E-state index in [1.54, 1.807) is 0 Å². The summed E-state index contributed by atoms with van der Waals surface area (Å²) in [6.07, 6.45) is -4.76. The number of nitrogens with one attached hydrogen (secondary N) is 1. The van der Waals surface area contributed by atoms with Gasteiger partial charge in [0.1, 0.15) is 0 Å². The number of ketones is 1. The van der Waals surface area contributed by atoms with Crippen molar-refractivity contribution in [3.63, 3.8) is 0 Å². The van der Waals surface area contributed by atoms with Crippen LogP contribution in [0.25, 0.3) is 0 Å². The third kappa shape index (κ3) is 4.14. The first-order chi connectivity index (χ1) is 12.4. The molecule has 1 aliphatic heterocycles. The van der Waals surface area contributed by atoms with Crippen LogP contribution >= 0.6 is 0 Å². The molecule has 0 amide bonds. The van der Waals surface area contributed by atoms with Crippen molar-refractivity contribution in [3.05, 3.63) is 70.8 Å². The van der Waals surface area contributed by atoms with Crippen molar-refractivity contribution in [1.29, 1.82) is 0 Å². The second kappa shape index (κ2) is 7.60. The zero-order valence-corrected chi connectivity index (χ0v) is 14.1. The van der Waals surface area contributed by atoms with E-state index >= 15 is 0 Å². The molecule has 0 aliphatic carbocycles. The van der Waals surface area contributed by atoms with Gasteiger partial charge in [-0.25, -0.2) is 0 Å². The Balaban J connectivity index is 1.62. The van der Waals surface area contributed by atoms with Crippen LogP contribution in [0.5, 0.6) is 0 Å². The first kappa shape index (κ1) is 18.6. The summed E-state index contributed by atoms with van der Waals surface area (Å²) in [5.41, 5.74) is 1.05. The summed E-state index contributed by atoms with van der Waals surface area (Å²) in [6, 6.07) is 12.5. The quantitative estimate of drug-likeness (QED) is 0.796. The van der Waals surface area contributed by atoms with Crippen molar-refractivity contribution in [2.75, 3.05) is 0 Å². The highest BCUT2D eigenvalue weighted by Gasteiger charge is 2.35. The lowest BCUT2D eigenvalue weighted by atomic mass is 9.90. The summed E-state index contributed by atoms with van der Waals surface area (Å²) in [7, 11) is 0. The average molecular weight is 363 g/mol. The fourth-order valence-electron chi connectivity index (χ4n) is 3.34. The number of alkyl halides is 3. The summed E-state index contributed by atoms with van der Waals surface area (Å²) in [4.78, 5) is 12.3. The molecule has 2 aromatic carbocycles. The van der Waals surface area contributed by atoms with Gasteiger partial charge in [0.2, 0.25) is 0 Å². The Morgan fingerprint density at radius 3 is 2.50 bits per heavy atom. The van der Waals surface area contributed by atoms with Gasteiger partial charge in [0, 0.05) is 24.6 Å². The number of benzene rings is 2. The van der Waals surface area contributed by atoms with E-state index in [1.807, 2.05) is 24.3 Å². The Kier molecular flexibility index (Phi) is 5.44. The number of carbonyl (C=O) groups excluding carboxylic acids is 1. The minimum Gasteiger partial charge on any atom is -0.391 e. The van der Waals surface area contributed by atoms with E-state index < -0.39 is 23.6 Å². The molecule has 0 aromatic heterocycles. The van der Waals surface area contributed by atoms with Crippen molar-refractivity contribution in [2.24, 2.45) is 0 Å². The number of Topliss-reactive ketones (excluding diaryl/α,β-unsaturated/α-hetero) is 1. The van der Waals surface area contributed by atoms with Gasteiger partial charge in [0.25, 0.3) is 0 Å². The number of aliphatic hydroxyl groups is 1. The first-order valence-electron chi connectivity index (χ1n) is 8.54. The van der Waals surface area contributed by atoms with Crippen LogP contribution in [0.15, 0.2) is 48.5 Å². The van der Waals surface area contributed by atoms with Gasteiger partial charge in [0.15, 0.2) is 5.78 Å². The molecule has 3 nitrogen and oxygen atoms in total. The topological polar surface area (TPSA) is 49.3 Å². The van der Waals surface area contributed by atoms with E-state index in [0.29, 0.717) is 13.0 Å². The predicted octanol–water partition coefficient (Wildman–Crippen LogP) is 3.74. The van der Waals surface area contributed by atoms with Crippen LogP contribution in [0.2, 0.25) is 0 Å². The number of rotatable bonds is 5. The molecular formula is C20H20F3NO2. The first-order valence-corrected chi connectivity index (χ1v) is 8.54. The van der Waals surface area contributed by atoms with Crippen LogP contribution in [-0.4, -0.2) is 23.0 Å². The maximum atomic E-state index is 13.0. The highest BCUT2D eigenvalue weighted by molar-refractivity contribution is 5.97. The number of halogens is 3. The standard InChI is InChI=1S/C20H20F3NO2/c21-20(22,23)16-8-4-3-7-15(16)18(25)9-10-19(26)17-11-13-5-1-2-6-14(13)12-24-17/h1-8,17,19,24,26H,9-12H2/t17-,19+/m0/s1. The molecule has 2 aromatic rings. The van der Waals surface area contributed by atoms with E-state index in [9.17, 15) is 23.1 Å². The van der Waals surface area contributed by atoms with Gasteiger partial charge in [-0.1, -0.05) is 42.5 Å². The van der Waals surface area contributed by atoms with Crippen molar-refractivity contribution < 1.29 is 23.1 Å². The number of fused-ring (bicyclic) bond motifs is 1. The minimum absolute atomic E-state index is 0.116. The molecule has 0 fully saturated rings. The molecule has 0 saturated carbocycles. The molecule has 0 saturated heterocycles. The maximum absolute atomic E-state index is 13.0. The molecule has 0 spiro atoms. The van der Waals surface area contributed by atoms with Gasteiger partial charge in [-0.05, 0) is 30.0 Å². The fourth-order valence-corrected chi connectivity index (χ4v) is 3.34. The number of aliphatic hydroxyl groups excluding tert-OH is 1. The fraction of sp³-hybridized carbons (Fsp3) is 0.350. The van der Waals surface area contributed by atoms with Gasteiger partial charge in [-0.15, -0.1) is 0 Å². The summed E-state index contributed by atoms with van der Waals surface area (Å²) < 4.78 is 39.1. The van der Waals surface area contributed by atoms with Crippen molar-refractivity contribution in [2.45, 2.75) is 44.1 Å². The van der Waals surface area contributed by atoms with Gasteiger partial charge < -0.3 is 10.4 Å². The minimum atomic E-state index is -4.57. The Morgan fingerprint density at radius 2 is 1.77 bits per heavy atom. The third-order valence-corrected chi connectivity index (χ3v) is 4.78. The SMILES string of the molecule is O=C(CC[C@@H](O)[C@@H]1Cc2ccccc2CN1)c1ccccc1C(F)(F)F. The molecule has 26 heavy (non-hydrogen) atoms. The van der Waals surface area contributed by atoms with Crippen molar-refractivity contribution >= 4 is 5.78 Å². The van der Waals surface area contributed by atoms with E-state index in [1.165, 1.54) is 23.8 Å². The van der Waals surface area contributed by atoms with Crippen molar-refractivity contribution in [1.82, 2.24) is 5.32 Å². The van der Waals surface area contributed by atoms with Crippen LogP contribution in [0.3, 0.4) is 0 Å². The van der Waals surface area contributed by atoms with Gasteiger partial charge in [-0.3, -0.25) is 4.79 Å². The van der Waals surface area contributed by atoms with Crippen LogP contribution in [0.1, 0.15) is 39.9 Å². The molecule has 138 valence electrons. The lowest BCUT2D eigenvalue weighted by molar-refractivity contribution is -0.137. The van der Waals surface area contributed by atoms with E-state index in [-0.39, 0.29) is 24.4 Å². The summed E-state index contributed by atoms with van der Waals surface area (Å²) in [5, 5.41) is 13.6. The molecule has 2 atom stereocenters. The van der Waals surface area contributed by atoms with Crippen LogP contribution in [0, 0.1) is 0 Å². The molecule has 0 unspecified atom stereocenters. The maximum Gasteiger partial charge on any atom is 0.417 e. The molecule has 6 heteroatoms. The van der Waals surface area contributed by atoms with Gasteiger partial charge in [0.05, 0.1) is 11.7 Å². The lowest BCUT2D eigenvalue weighted by Crippen LogP contribution is -2.44. The molecule has 0 bridgehead atoms. The highest BCUT2D eigenvalue weighted by Crippen LogP contribution is 2.32. The lowest BCUT2D eigenvalue weighted by Gasteiger charge is -2.29. The van der Waals surface area contributed by atoms with Crippen LogP contribution in [0.4, 0.5) is 13.2 Å². The predicted molar refractivity (Wildman–Crippen MR) is 91.8 cm³/mol. The summed E-state index contributed by atoms with van der Waals surface area (Å²) in [5.74, 6) is -0.604. The average Bonchev–Trinajstić information content (AvgIpc) is 2.64. The van der Waals surface area contributed by atoms with Crippen LogP contribution in [-0.2, 0) is 19.1 Å². The normalized spacial score (nSPS) is 18.2. The third-order valence-electron chi connectivity index (χ3n) is 4.78. The Labute approximate surface area is 149 Å². The van der Waals surface area contributed by atoms with Crippen LogP contribution < -0.4 is 5.32 Å². The highest BCUT2D eigenvalue weighted by atomic mass is 19.4. The number of carbonyl (C=O) groups is 1. The molecule has 0 radical (unpaired) electrons. The number of hydrogen-bond acceptors (Lipinski definition) is 3. The van der Waals surface area contributed by atoms with Gasteiger partial charge >= 0.3 is 6.18 Å².